The summed E-state index contributed by atoms with van der Waals surface area (Å²) in [5.41, 5.74) is 0.656. The molecule has 1 N–H and O–H groups in total. The summed E-state index contributed by atoms with van der Waals surface area (Å²) in [7, 11) is 0. The Hall–Kier alpha value is -1.68. The Morgan fingerprint density at radius 2 is 2.30 bits per heavy atom. The number of aliphatic hydroxyl groups is 1. The van der Waals surface area contributed by atoms with Crippen molar-refractivity contribution >= 4 is 12.0 Å². The van der Waals surface area contributed by atoms with Gasteiger partial charge in [0, 0.05) is 12.6 Å². The van der Waals surface area contributed by atoms with Gasteiger partial charge in [-0.05, 0) is 50.0 Å². The third kappa shape index (κ3) is 3.67. The van der Waals surface area contributed by atoms with Crippen molar-refractivity contribution in [1.29, 1.82) is 0 Å². The number of halogens is 1. The molecule has 1 aliphatic heterocycles. The highest BCUT2D eigenvalue weighted by Crippen LogP contribution is 2.20. The molecule has 1 aromatic carbocycles. The Balaban J connectivity index is 2.06. The van der Waals surface area contributed by atoms with E-state index < -0.39 is 6.10 Å². The van der Waals surface area contributed by atoms with Crippen LogP contribution in [0.25, 0.3) is 6.08 Å². The van der Waals surface area contributed by atoms with Crippen LogP contribution in [0.5, 0.6) is 0 Å². The topological polar surface area (TPSA) is 40.5 Å². The fourth-order valence-corrected chi connectivity index (χ4v) is 2.61. The van der Waals surface area contributed by atoms with Gasteiger partial charge in [-0.1, -0.05) is 12.1 Å². The maximum atomic E-state index is 13.1. The van der Waals surface area contributed by atoms with Gasteiger partial charge in [-0.25, -0.2) is 4.39 Å². The van der Waals surface area contributed by atoms with Crippen LogP contribution >= 0.6 is 0 Å². The van der Waals surface area contributed by atoms with E-state index in [0.29, 0.717) is 12.1 Å². The fraction of sp³-hybridized carbons (Fsp3) is 0.438. The third-order valence-corrected chi connectivity index (χ3v) is 3.66. The lowest BCUT2D eigenvalue weighted by atomic mass is 9.98. The minimum atomic E-state index is -0.526. The summed E-state index contributed by atoms with van der Waals surface area (Å²) < 4.78 is 13.1. The quantitative estimate of drug-likeness (QED) is 0.863. The maximum absolute atomic E-state index is 13.1. The van der Waals surface area contributed by atoms with Crippen LogP contribution in [0.1, 0.15) is 31.7 Å². The van der Waals surface area contributed by atoms with E-state index in [4.69, 9.17) is 0 Å². The largest absolute Gasteiger partial charge is 0.391 e. The molecule has 0 aromatic heterocycles. The molecule has 108 valence electrons. The number of nitrogens with zero attached hydrogens (tertiary/aromatic N) is 1. The molecule has 2 atom stereocenters. The van der Waals surface area contributed by atoms with Crippen molar-refractivity contribution < 1.29 is 14.3 Å². The molecule has 2 unspecified atom stereocenters. The molecule has 1 amide bonds. The molecule has 1 saturated heterocycles. The third-order valence-electron chi connectivity index (χ3n) is 3.66. The number of likely N-dealkylation sites (tertiary alicyclic amines) is 1. The Kier molecular flexibility index (Phi) is 4.90. The number of hydrogen-bond acceptors (Lipinski definition) is 2. The Bertz CT molecular complexity index is 499. The van der Waals surface area contributed by atoms with Crippen molar-refractivity contribution in [3.8, 4) is 0 Å². The molecule has 4 heteroatoms. The van der Waals surface area contributed by atoms with Crippen LogP contribution in [-0.4, -0.2) is 34.6 Å². The van der Waals surface area contributed by atoms with Crippen molar-refractivity contribution in [3.05, 3.63) is 41.7 Å². The molecular weight excluding hydrogens is 257 g/mol. The number of amides is 1. The Morgan fingerprint density at radius 1 is 1.50 bits per heavy atom. The first kappa shape index (κ1) is 14.7. The van der Waals surface area contributed by atoms with Gasteiger partial charge < -0.3 is 10.0 Å². The van der Waals surface area contributed by atoms with Gasteiger partial charge in [0.05, 0.1) is 12.1 Å². The number of hydrogen-bond donors (Lipinski definition) is 1. The first-order valence-electron chi connectivity index (χ1n) is 7.00. The Labute approximate surface area is 118 Å². The number of rotatable bonds is 3. The normalized spacial score (nSPS) is 21.1. The van der Waals surface area contributed by atoms with Gasteiger partial charge in [0.2, 0.25) is 5.91 Å². The SMILES string of the molecule is CC(O)C1CCCCN1C(=O)/C=C/c1cccc(F)c1. The Morgan fingerprint density at radius 3 is 3.00 bits per heavy atom. The standard InChI is InChI=1S/C16H20FNO2/c1-12(19)15-7-2-3-10-18(15)16(20)9-8-13-5-4-6-14(17)11-13/h4-6,8-9,11-12,15,19H,2-3,7,10H2,1H3/b9-8+. The van der Waals surface area contributed by atoms with Crippen LogP contribution in [0, 0.1) is 5.82 Å². The highest BCUT2D eigenvalue weighted by Gasteiger charge is 2.28. The molecule has 1 heterocycles. The van der Waals surface area contributed by atoms with E-state index in [-0.39, 0.29) is 17.8 Å². The van der Waals surface area contributed by atoms with Crippen LogP contribution in [0.2, 0.25) is 0 Å². The second-order valence-electron chi connectivity index (χ2n) is 5.22. The summed E-state index contributed by atoms with van der Waals surface area (Å²) in [6.45, 7) is 2.38. The average molecular weight is 277 g/mol. The molecule has 1 aromatic rings. The lowest BCUT2D eigenvalue weighted by molar-refractivity contribution is -0.132. The molecule has 2 rings (SSSR count). The van der Waals surface area contributed by atoms with E-state index in [1.165, 1.54) is 18.2 Å². The van der Waals surface area contributed by atoms with Gasteiger partial charge in [0.1, 0.15) is 5.82 Å². The summed E-state index contributed by atoms with van der Waals surface area (Å²) >= 11 is 0. The van der Waals surface area contributed by atoms with E-state index in [0.717, 1.165) is 19.3 Å². The number of carbonyl (C=O) groups excluding carboxylic acids is 1. The van der Waals surface area contributed by atoms with Crippen molar-refractivity contribution in [2.24, 2.45) is 0 Å². The van der Waals surface area contributed by atoms with Gasteiger partial charge in [-0.3, -0.25) is 4.79 Å². The zero-order chi connectivity index (χ0) is 14.5. The minimum Gasteiger partial charge on any atom is -0.391 e. The van der Waals surface area contributed by atoms with Gasteiger partial charge in [-0.15, -0.1) is 0 Å². The van der Waals surface area contributed by atoms with E-state index in [1.807, 2.05) is 0 Å². The summed E-state index contributed by atoms with van der Waals surface area (Å²) in [5.74, 6) is -0.445. The molecular formula is C16H20FNO2. The predicted molar refractivity (Wildman–Crippen MR) is 76.5 cm³/mol. The average Bonchev–Trinajstić information content (AvgIpc) is 2.45. The number of benzene rings is 1. The van der Waals surface area contributed by atoms with E-state index in [1.54, 1.807) is 30.0 Å². The molecule has 3 nitrogen and oxygen atoms in total. The van der Waals surface area contributed by atoms with Crippen LogP contribution < -0.4 is 0 Å². The lowest BCUT2D eigenvalue weighted by Gasteiger charge is -2.36. The number of carbonyl (C=O) groups is 1. The lowest BCUT2D eigenvalue weighted by Crippen LogP contribution is -2.48. The first-order valence-corrected chi connectivity index (χ1v) is 7.00. The number of aliphatic hydroxyl groups excluding tert-OH is 1. The molecule has 20 heavy (non-hydrogen) atoms. The van der Waals surface area contributed by atoms with Crippen molar-refractivity contribution in [2.45, 2.75) is 38.3 Å². The monoisotopic (exact) mass is 277 g/mol. The second kappa shape index (κ2) is 6.66. The molecule has 0 aliphatic carbocycles. The van der Waals surface area contributed by atoms with Crippen molar-refractivity contribution in [1.82, 2.24) is 4.90 Å². The van der Waals surface area contributed by atoms with E-state index >= 15 is 0 Å². The van der Waals surface area contributed by atoms with Crippen LogP contribution in [0.3, 0.4) is 0 Å². The van der Waals surface area contributed by atoms with Gasteiger partial charge >= 0.3 is 0 Å². The highest BCUT2D eigenvalue weighted by atomic mass is 19.1. The zero-order valence-corrected chi connectivity index (χ0v) is 11.6. The first-order chi connectivity index (χ1) is 9.58. The van der Waals surface area contributed by atoms with Gasteiger partial charge in [0.15, 0.2) is 0 Å². The molecule has 0 saturated carbocycles. The van der Waals surface area contributed by atoms with Crippen molar-refractivity contribution in [3.63, 3.8) is 0 Å². The highest BCUT2D eigenvalue weighted by molar-refractivity contribution is 5.92. The van der Waals surface area contributed by atoms with E-state index in [2.05, 4.69) is 0 Å². The molecule has 1 aliphatic rings. The maximum Gasteiger partial charge on any atom is 0.246 e. The van der Waals surface area contributed by atoms with Crippen LogP contribution in [0.4, 0.5) is 4.39 Å². The molecule has 0 spiro atoms. The fourth-order valence-electron chi connectivity index (χ4n) is 2.61. The molecule has 1 fully saturated rings. The molecule has 0 radical (unpaired) electrons. The smallest absolute Gasteiger partial charge is 0.246 e. The van der Waals surface area contributed by atoms with Crippen LogP contribution in [-0.2, 0) is 4.79 Å². The van der Waals surface area contributed by atoms with Crippen molar-refractivity contribution in [2.75, 3.05) is 6.54 Å². The summed E-state index contributed by atoms with van der Waals surface area (Å²) in [6.07, 6.45) is 5.36. The van der Waals surface area contributed by atoms with Gasteiger partial charge in [0.25, 0.3) is 0 Å². The van der Waals surface area contributed by atoms with Crippen LogP contribution in [0.15, 0.2) is 30.3 Å². The number of piperidine rings is 1. The molecule has 0 bridgehead atoms. The summed E-state index contributed by atoms with van der Waals surface area (Å²) in [5, 5.41) is 9.75. The summed E-state index contributed by atoms with van der Waals surface area (Å²) in [6, 6.07) is 5.99. The summed E-state index contributed by atoms with van der Waals surface area (Å²) in [4.78, 5) is 13.9. The zero-order valence-electron chi connectivity index (χ0n) is 11.6. The second-order valence-corrected chi connectivity index (χ2v) is 5.22. The van der Waals surface area contributed by atoms with Gasteiger partial charge in [-0.2, -0.15) is 0 Å². The predicted octanol–water partition coefficient (Wildman–Crippen LogP) is 2.60. The van der Waals surface area contributed by atoms with E-state index in [9.17, 15) is 14.3 Å². The minimum absolute atomic E-state index is 0.117.